The monoisotopic (exact) mass is 261 g/mol. The fourth-order valence-electron chi connectivity index (χ4n) is 2.09. The third-order valence-corrected chi connectivity index (χ3v) is 3.04. The minimum atomic E-state index is -0.255. The van der Waals surface area contributed by atoms with Crippen molar-refractivity contribution in [1.82, 2.24) is 19.3 Å². The van der Waals surface area contributed by atoms with E-state index in [1.54, 1.807) is 29.5 Å². The van der Waals surface area contributed by atoms with Crippen LogP contribution in [0.25, 0.3) is 0 Å². The van der Waals surface area contributed by atoms with Gasteiger partial charge in [0.05, 0.1) is 24.5 Å². The number of imidazole rings is 1. The number of hydrogen-bond acceptors (Lipinski definition) is 4. The molecule has 0 aliphatic carbocycles. The fourth-order valence-corrected chi connectivity index (χ4v) is 2.09. The van der Waals surface area contributed by atoms with Gasteiger partial charge >= 0.3 is 6.03 Å². The second-order valence-electron chi connectivity index (χ2n) is 4.49. The lowest BCUT2D eigenvalue weighted by atomic mass is 10.2. The zero-order valence-corrected chi connectivity index (χ0v) is 10.4. The second-order valence-corrected chi connectivity index (χ2v) is 4.49. The van der Waals surface area contributed by atoms with E-state index in [0.717, 1.165) is 26.0 Å². The molecule has 1 aliphatic heterocycles. The summed E-state index contributed by atoms with van der Waals surface area (Å²) in [5.41, 5.74) is 0.664. The van der Waals surface area contributed by atoms with Crippen molar-refractivity contribution in [2.45, 2.75) is 25.5 Å². The van der Waals surface area contributed by atoms with Gasteiger partial charge in [-0.1, -0.05) is 0 Å². The molecule has 1 aliphatic rings. The van der Waals surface area contributed by atoms with Crippen LogP contribution in [0.2, 0.25) is 0 Å². The lowest BCUT2D eigenvalue weighted by Crippen LogP contribution is -2.17. The van der Waals surface area contributed by atoms with E-state index >= 15 is 0 Å². The molecule has 1 fully saturated rings. The van der Waals surface area contributed by atoms with Gasteiger partial charge in [-0.3, -0.25) is 9.25 Å². The Hall–Kier alpha value is -2.15. The van der Waals surface area contributed by atoms with Crippen LogP contribution in [-0.4, -0.2) is 38.1 Å². The van der Waals surface area contributed by atoms with Crippen LogP contribution in [0.5, 0.6) is 0 Å². The molecule has 2 aromatic heterocycles. The van der Waals surface area contributed by atoms with Crippen molar-refractivity contribution in [3.63, 3.8) is 0 Å². The van der Waals surface area contributed by atoms with Crippen LogP contribution in [0.1, 0.15) is 12.8 Å². The minimum absolute atomic E-state index is 0.233. The number of carbonyl (C=O) groups excluding carboxylic acids is 1. The van der Waals surface area contributed by atoms with E-state index in [9.17, 15) is 4.79 Å². The molecule has 1 saturated heterocycles. The lowest BCUT2D eigenvalue weighted by Gasteiger charge is -2.08. The average Bonchev–Trinajstić information content (AvgIpc) is 3.10. The highest BCUT2D eigenvalue weighted by atomic mass is 16.5. The summed E-state index contributed by atoms with van der Waals surface area (Å²) < 4.78 is 8.71. The molecule has 0 bridgehead atoms. The van der Waals surface area contributed by atoms with Gasteiger partial charge in [0.15, 0.2) is 0 Å². The molecule has 7 nitrogen and oxygen atoms in total. The van der Waals surface area contributed by atoms with Crippen LogP contribution in [0.4, 0.5) is 10.5 Å². The first-order chi connectivity index (χ1) is 9.31. The van der Waals surface area contributed by atoms with E-state index in [1.165, 1.54) is 10.9 Å². The predicted octanol–water partition coefficient (Wildman–Crippen LogP) is 1.34. The van der Waals surface area contributed by atoms with E-state index in [0.29, 0.717) is 5.69 Å². The summed E-state index contributed by atoms with van der Waals surface area (Å²) in [4.78, 5) is 15.6. The normalized spacial score (nSPS) is 18.6. The maximum absolute atomic E-state index is 11.8. The predicted molar refractivity (Wildman–Crippen MR) is 67.8 cm³/mol. The molecule has 3 rings (SSSR count). The van der Waals surface area contributed by atoms with Crippen LogP contribution < -0.4 is 5.32 Å². The minimum Gasteiger partial charge on any atom is -0.376 e. The van der Waals surface area contributed by atoms with Crippen molar-refractivity contribution < 1.29 is 9.53 Å². The third-order valence-electron chi connectivity index (χ3n) is 3.04. The molecule has 19 heavy (non-hydrogen) atoms. The Kier molecular flexibility index (Phi) is 3.28. The maximum atomic E-state index is 11.8. The lowest BCUT2D eigenvalue weighted by molar-refractivity contribution is 0.0940. The molecule has 1 amide bonds. The number of nitrogens with zero attached hydrogens (tertiary/aromatic N) is 4. The topological polar surface area (TPSA) is 74.0 Å². The zero-order valence-electron chi connectivity index (χ0n) is 10.4. The Balaban J connectivity index is 1.60. The van der Waals surface area contributed by atoms with Gasteiger partial charge < -0.3 is 10.1 Å². The van der Waals surface area contributed by atoms with Gasteiger partial charge in [0.2, 0.25) is 0 Å². The van der Waals surface area contributed by atoms with Crippen LogP contribution in [-0.2, 0) is 11.3 Å². The molecular formula is C12H15N5O2. The molecule has 0 saturated carbocycles. The number of rotatable bonds is 3. The molecule has 100 valence electrons. The zero-order chi connectivity index (χ0) is 13.1. The van der Waals surface area contributed by atoms with Crippen LogP contribution in [0.15, 0.2) is 31.1 Å². The Bertz CT molecular complexity index is 542. The molecule has 7 heteroatoms. The van der Waals surface area contributed by atoms with E-state index in [1.807, 2.05) is 0 Å². The SMILES string of the molecule is O=C(Nc1cnn(CC2CCCO2)c1)n1ccnc1. The summed E-state index contributed by atoms with van der Waals surface area (Å²) in [6.45, 7) is 1.55. The number of aromatic nitrogens is 4. The molecule has 1 atom stereocenters. The molecule has 0 radical (unpaired) electrons. The first kappa shape index (κ1) is 11.9. The van der Waals surface area contributed by atoms with Gasteiger partial charge in [0, 0.05) is 25.2 Å². The molecular weight excluding hydrogens is 246 g/mol. The summed E-state index contributed by atoms with van der Waals surface area (Å²) in [6, 6.07) is -0.255. The number of nitrogens with one attached hydrogen (secondary N) is 1. The van der Waals surface area contributed by atoms with Gasteiger partial charge in [-0.2, -0.15) is 5.10 Å². The van der Waals surface area contributed by atoms with Gasteiger partial charge in [0.25, 0.3) is 0 Å². The highest BCUT2D eigenvalue weighted by Gasteiger charge is 2.16. The van der Waals surface area contributed by atoms with E-state index in [4.69, 9.17) is 4.74 Å². The summed E-state index contributed by atoms with van der Waals surface area (Å²) in [5, 5.41) is 6.96. The van der Waals surface area contributed by atoms with Crippen molar-refractivity contribution >= 4 is 11.7 Å². The van der Waals surface area contributed by atoms with Gasteiger partial charge in [-0.15, -0.1) is 0 Å². The van der Waals surface area contributed by atoms with Crippen LogP contribution >= 0.6 is 0 Å². The standard InChI is InChI=1S/C12H15N5O2/c18-12(16-4-3-13-9-16)15-10-6-14-17(7-10)8-11-2-1-5-19-11/h3-4,6-7,9,11H,1-2,5,8H2,(H,15,18). The highest BCUT2D eigenvalue weighted by molar-refractivity contribution is 5.90. The molecule has 0 spiro atoms. The number of anilines is 1. The molecule has 1 unspecified atom stereocenters. The smallest absolute Gasteiger partial charge is 0.331 e. The van der Waals surface area contributed by atoms with Crippen LogP contribution in [0, 0.1) is 0 Å². The van der Waals surface area contributed by atoms with Crippen LogP contribution in [0.3, 0.4) is 0 Å². The first-order valence-corrected chi connectivity index (χ1v) is 6.24. The number of amides is 1. The average molecular weight is 261 g/mol. The number of ether oxygens (including phenoxy) is 1. The van der Waals surface area contributed by atoms with E-state index in [-0.39, 0.29) is 12.1 Å². The molecule has 2 aromatic rings. The van der Waals surface area contributed by atoms with Crippen molar-refractivity contribution in [3.8, 4) is 0 Å². The Morgan fingerprint density at radius 2 is 2.53 bits per heavy atom. The van der Waals surface area contributed by atoms with E-state index < -0.39 is 0 Å². The summed E-state index contributed by atoms with van der Waals surface area (Å²) >= 11 is 0. The summed E-state index contributed by atoms with van der Waals surface area (Å²) in [5.74, 6) is 0. The number of hydrogen-bond donors (Lipinski definition) is 1. The van der Waals surface area contributed by atoms with Gasteiger partial charge in [-0.05, 0) is 12.8 Å². The summed E-state index contributed by atoms with van der Waals surface area (Å²) in [7, 11) is 0. The molecule has 1 N–H and O–H groups in total. The largest absolute Gasteiger partial charge is 0.376 e. The summed E-state index contributed by atoms with van der Waals surface area (Å²) in [6.07, 6.45) is 10.4. The fraction of sp³-hybridized carbons (Fsp3) is 0.417. The second kappa shape index (κ2) is 5.23. The highest BCUT2D eigenvalue weighted by Crippen LogP contribution is 2.15. The van der Waals surface area contributed by atoms with E-state index in [2.05, 4.69) is 15.4 Å². The quantitative estimate of drug-likeness (QED) is 0.904. The Morgan fingerprint density at radius 1 is 1.58 bits per heavy atom. The van der Waals surface area contributed by atoms with Crippen molar-refractivity contribution in [2.24, 2.45) is 0 Å². The van der Waals surface area contributed by atoms with Gasteiger partial charge in [-0.25, -0.2) is 9.78 Å². The Labute approximate surface area is 110 Å². The van der Waals surface area contributed by atoms with Gasteiger partial charge in [0.1, 0.15) is 6.33 Å². The Morgan fingerprint density at radius 3 is 3.26 bits per heavy atom. The molecule has 3 heterocycles. The van der Waals surface area contributed by atoms with Crippen molar-refractivity contribution in [2.75, 3.05) is 11.9 Å². The van der Waals surface area contributed by atoms with Crippen molar-refractivity contribution in [3.05, 3.63) is 31.1 Å². The van der Waals surface area contributed by atoms with Crippen molar-refractivity contribution in [1.29, 1.82) is 0 Å². The maximum Gasteiger partial charge on any atom is 0.331 e. The number of carbonyl (C=O) groups is 1. The third kappa shape index (κ3) is 2.82. The molecule has 0 aromatic carbocycles. The first-order valence-electron chi connectivity index (χ1n) is 6.24.